The largest absolute Gasteiger partial charge is 0.149 e. The molecular weight excluding hydrogens is 392 g/mol. The minimum absolute atomic E-state index is 0.886. The van der Waals surface area contributed by atoms with Crippen LogP contribution in [-0.4, -0.2) is 10.2 Å². The molecule has 0 bridgehead atoms. The minimum atomic E-state index is 0.886. The van der Waals surface area contributed by atoms with Gasteiger partial charge in [0.1, 0.15) is 5.03 Å². The minimum Gasteiger partial charge on any atom is -0.149 e. The van der Waals surface area contributed by atoms with Crippen LogP contribution in [0.4, 0.5) is 0 Å². The van der Waals surface area contributed by atoms with Crippen molar-refractivity contribution in [1.82, 2.24) is 10.2 Å². The first kappa shape index (κ1) is 16.3. The lowest BCUT2D eigenvalue weighted by atomic mass is 10.1. The number of fused-ring (bicyclic) bond motifs is 1. The van der Waals surface area contributed by atoms with Gasteiger partial charge >= 0.3 is 0 Å². The number of benzene rings is 3. The third-order valence-corrected chi connectivity index (χ3v) is 5.51. The summed E-state index contributed by atoms with van der Waals surface area (Å²) in [5.41, 5.74) is 3.27. The summed E-state index contributed by atoms with van der Waals surface area (Å²) in [6, 6.07) is 27.2. The highest BCUT2D eigenvalue weighted by Crippen LogP contribution is 2.25. The van der Waals surface area contributed by atoms with Gasteiger partial charge in [0.2, 0.25) is 0 Å². The van der Waals surface area contributed by atoms with E-state index in [1.165, 1.54) is 16.3 Å². The average Bonchev–Trinajstić information content (AvgIpc) is 2.68. The second-order valence-electron chi connectivity index (χ2n) is 5.73. The van der Waals surface area contributed by atoms with Crippen molar-refractivity contribution in [1.29, 1.82) is 0 Å². The van der Waals surface area contributed by atoms with E-state index in [0.29, 0.717) is 0 Å². The predicted molar refractivity (Wildman–Crippen MR) is 109 cm³/mol. The first-order valence-corrected chi connectivity index (χ1v) is 9.76. The van der Waals surface area contributed by atoms with Gasteiger partial charge in [-0.2, -0.15) is 0 Å². The van der Waals surface area contributed by atoms with E-state index in [1.54, 1.807) is 11.8 Å². The van der Waals surface area contributed by atoms with Gasteiger partial charge in [0.15, 0.2) is 0 Å². The van der Waals surface area contributed by atoms with Gasteiger partial charge in [-0.05, 0) is 46.7 Å². The van der Waals surface area contributed by atoms with Crippen LogP contribution in [0.1, 0.15) is 5.56 Å². The maximum absolute atomic E-state index is 4.40. The molecule has 0 fully saturated rings. The van der Waals surface area contributed by atoms with Crippen molar-refractivity contribution in [3.05, 3.63) is 88.9 Å². The molecule has 0 atom stereocenters. The van der Waals surface area contributed by atoms with Crippen LogP contribution in [0, 0.1) is 0 Å². The van der Waals surface area contributed by atoms with Crippen molar-refractivity contribution in [2.75, 3.05) is 0 Å². The molecule has 0 amide bonds. The molecule has 0 saturated carbocycles. The van der Waals surface area contributed by atoms with Gasteiger partial charge in [0, 0.05) is 15.8 Å². The molecule has 25 heavy (non-hydrogen) atoms. The first-order valence-electron chi connectivity index (χ1n) is 7.98. The van der Waals surface area contributed by atoms with Crippen molar-refractivity contribution in [2.45, 2.75) is 10.8 Å². The first-order chi connectivity index (χ1) is 12.3. The Kier molecular flexibility index (Phi) is 4.81. The molecule has 0 aliphatic carbocycles. The molecule has 1 heterocycles. The zero-order chi connectivity index (χ0) is 17.1. The Bertz CT molecular complexity index is 998. The molecule has 0 saturated heterocycles. The van der Waals surface area contributed by atoms with Crippen molar-refractivity contribution in [3.63, 3.8) is 0 Å². The standard InChI is InChI=1S/C21H15BrN2S/c22-19-9-5-15(6-10-19)14-25-21-12-11-20(23-24-21)18-8-7-16-3-1-2-4-17(16)13-18/h1-13H,14H2. The van der Waals surface area contributed by atoms with Gasteiger partial charge in [-0.3, -0.25) is 0 Å². The van der Waals surface area contributed by atoms with Crippen molar-refractivity contribution < 1.29 is 0 Å². The summed E-state index contributed by atoms with van der Waals surface area (Å²) in [6.45, 7) is 0. The highest BCUT2D eigenvalue weighted by atomic mass is 79.9. The number of thioether (sulfide) groups is 1. The van der Waals surface area contributed by atoms with Gasteiger partial charge in [0.05, 0.1) is 5.69 Å². The number of aromatic nitrogens is 2. The fourth-order valence-electron chi connectivity index (χ4n) is 2.64. The van der Waals surface area contributed by atoms with Crippen molar-refractivity contribution in [2.24, 2.45) is 0 Å². The molecule has 4 heteroatoms. The molecule has 1 aromatic heterocycles. The Hall–Kier alpha value is -2.17. The zero-order valence-electron chi connectivity index (χ0n) is 13.4. The van der Waals surface area contributed by atoms with E-state index in [2.05, 4.69) is 92.9 Å². The summed E-state index contributed by atoms with van der Waals surface area (Å²) in [4.78, 5) is 0. The Balaban J connectivity index is 1.49. The van der Waals surface area contributed by atoms with Crippen LogP contribution in [0.3, 0.4) is 0 Å². The summed E-state index contributed by atoms with van der Waals surface area (Å²) < 4.78 is 1.10. The van der Waals surface area contributed by atoms with E-state index in [4.69, 9.17) is 0 Å². The van der Waals surface area contributed by atoms with Gasteiger partial charge in [0.25, 0.3) is 0 Å². The van der Waals surface area contributed by atoms with Gasteiger partial charge in [-0.15, -0.1) is 10.2 Å². The predicted octanol–water partition coefficient (Wildman–Crippen LogP) is 6.35. The van der Waals surface area contributed by atoms with E-state index < -0.39 is 0 Å². The second kappa shape index (κ2) is 7.38. The van der Waals surface area contributed by atoms with Crippen LogP contribution in [0.5, 0.6) is 0 Å². The summed E-state index contributed by atoms with van der Waals surface area (Å²) in [5, 5.41) is 12.2. The Labute approximate surface area is 159 Å². The maximum atomic E-state index is 4.40. The fourth-order valence-corrected chi connectivity index (χ4v) is 3.67. The van der Waals surface area contributed by atoms with E-state index in [-0.39, 0.29) is 0 Å². The van der Waals surface area contributed by atoms with Crippen LogP contribution >= 0.6 is 27.7 Å². The van der Waals surface area contributed by atoms with Crippen LogP contribution < -0.4 is 0 Å². The molecule has 0 N–H and O–H groups in total. The fraction of sp³-hybridized carbons (Fsp3) is 0.0476. The van der Waals surface area contributed by atoms with Gasteiger partial charge in [-0.25, -0.2) is 0 Å². The van der Waals surface area contributed by atoms with Gasteiger partial charge < -0.3 is 0 Å². The third kappa shape index (κ3) is 3.91. The topological polar surface area (TPSA) is 25.8 Å². The Morgan fingerprint density at radius 3 is 2.32 bits per heavy atom. The molecule has 0 spiro atoms. The second-order valence-corrected chi connectivity index (χ2v) is 7.65. The summed E-state index contributed by atoms with van der Waals surface area (Å²) in [5.74, 6) is 0.886. The molecule has 122 valence electrons. The molecule has 4 aromatic rings. The van der Waals surface area contributed by atoms with Gasteiger partial charge in [-0.1, -0.05) is 76.2 Å². The molecule has 0 aliphatic heterocycles. The third-order valence-electron chi connectivity index (χ3n) is 3.99. The normalized spacial score (nSPS) is 10.9. The highest BCUT2D eigenvalue weighted by Gasteiger charge is 2.04. The molecule has 0 radical (unpaired) electrons. The molecule has 4 rings (SSSR count). The Morgan fingerprint density at radius 1 is 0.760 bits per heavy atom. The highest BCUT2D eigenvalue weighted by molar-refractivity contribution is 9.10. The lowest BCUT2D eigenvalue weighted by Crippen LogP contribution is -1.90. The lowest BCUT2D eigenvalue weighted by molar-refractivity contribution is 0.935. The van der Waals surface area contributed by atoms with Crippen LogP contribution in [-0.2, 0) is 5.75 Å². The lowest BCUT2D eigenvalue weighted by Gasteiger charge is -2.05. The summed E-state index contributed by atoms with van der Waals surface area (Å²) >= 11 is 5.15. The number of rotatable bonds is 4. The monoisotopic (exact) mass is 406 g/mol. The number of hydrogen-bond donors (Lipinski definition) is 0. The van der Waals surface area contributed by atoms with E-state index in [0.717, 1.165) is 26.5 Å². The zero-order valence-corrected chi connectivity index (χ0v) is 15.8. The molecular formula is C21H15BrN2S. The molecule has 0 unspecified atom stereocenters. The maximum Gasteiger partial charge on any atom is 0.119 e. The molecule has 3 aromatic carbocycles. The van der Waals surface area contributed by atoms with Crippen LogP contribution in [0.25, 0.3) is 22.0 Å². The van der Waals surface area contributed by atoms with E-state index in [1.807, 2.05) is 12.1 Å². The SMILES string of the molecule is Brc1ccc(CSc2ccc(-c3ccc4ccccc4c3)nn2)cc1. The summed E-state index contributed by atoms with van der Waals surface area (Å²) in [6.07, 6.45) is 0. The average molecular weight is 407 g/mol. The number of nitrogens with zero attached hydrogens (tertiary/aromatic N) is 2. The molecule has 0 aliphatic rings. The molecule has 2 nitrogen and oxygen atoms in total. The summed E-state index contributed by atoms with van der Waals surface area (Å²) in [7, 11) is 0. The quantitative estimate of drug-likeness (QED) is 0.369. The van der Waals surface area contributed by atoms with Crippen molar-refractivity contribution >= 4 is 38.5 Å². The van der Waals surface area contributed by atoms with Crippen molar-refractivity contribution in [3.8, 4) is 11.3 Å². The van der Waals surface area contributed by atoms with E-state index >= 15 is 0 Å². The smallest absolute Gasteiger partial charge is 0.119 e. The van der Waals surface area contributed by atoms with Crippen LogP contribution in [0.2, 0.25) is 0 Å². The Morgan fingerprint density at radius 2 is 1.56 bits per heavy atom. The number of hydrogen-bond acceptors (Lipinski definition) is 3. The van der Waals surface area contributed by atoms with E-state index in [9.17, 15) is 0 Å². The van der Waals surface area contributed by atoms with Crippen LogP contribution in [0.15, 0.2) is 88.4 Å². The number of halogens is 1.